The molecule has 1 aromatic carbocycles. The maximum Gasteiger partial charge on any atom is 0.161 e. The smallest absolute Gasteiger partial charge is 0.161 e. The Morgan fingerprint density at radius 2 is 1.82 bits per heavy atom. The van der Waals surface area contributed by atoms with Crippen LogP contribution in [-0.2, 0) is 0 Å². The van der Waals surface area contributed by atoms with Gasteiger partial charge in [-0.1, -0.05) is 25.7 Å². The van der Waals surface area contributed by atoms with Crippen LogP contribution in [0.3, 0.4) is 0 Å². The van der Waals surface area contributed by atoms with Gasteiger partial charge in [-0.3, -0.25) is 0 Å². The molecule has 4 heteroatoms. The van der Waals surface area contributed by atoms with E-state index < -0.39 is 8.07 Å². The number of fused-ring (bicyclic) bond motifs is 1. The number of hydrogen-bond acceptors (Lipinski definition) is 3. The largest absolute Gasteiger partial charge is 0.486 e. The molecule has 94 valence electrons. The maximum atomic E-state index is 9.58. The normalized spacial score (nSPS) is 16.7. The molecule has 0 saturated heterocycles. The van der Waals surface area contributed by atoms with Gasteiger partial charge in [-0.25, -0.2) is 0 Å². The summed E-state index contributed by atoms with van der Waals surface area (Å²) >= 11 is 0. The first kappa shape index (κ1) is 12.5. The van der Waals surface area contributed by atoms with Crippen LogP contribution < -0.4 is 9.47 Å². The first-order valence-corrected chi connectivity index (χ1v) is 9.60. The molecule has 3 nitrogen and oxygen atoms in total. The zero-order valence-electron chi connectivity index (χ0n) is 10.7. The summed E-state index contributed by atoms with van der Waals surface area (Å²) in [6, 6.07) is 6.02. The van der Waals surface area contributed by atoms with Crippen molar-refractivity contribution in [3.63, 3.8) is 0 Å². The maximum absolute atomic E-state index is 9.58. The van der Waals surface area contributed by atoms with Gasteiger partial charge in [0, 0.05) is 12.1 Å². The molecule has 0 saturated carbocycles. The highest BCUT2D eigenvalue weighted by atomic mass is 28.3. The van der Waals surface area contributed by atoms with E-state index in [0.29, 0.717) is 13.2 Å². The van der Waals surface area contributed by atoms with E-state index >= 15 is 0 Å². The molecule has 0 fully saturated rings. The number of hydrogen-bond donors (Lipinski definition) is 1. The summed E-state index contributed by atoms with van der Waals surface area (Å²) in [6.45, 7) is 8.23. The van der Waals surface area contributed by atoms with Crippen molar-refractivity contribution in [1.29, 1.82) is 0 Å². The van der Waals surface area contributed by atoms with Gasteiger partial charge in [-0.15, -0.1) is 0 Å². The molecule has 1 N–H and O–H groups in total. The summed E-state index contributed by atoms with van der Waals surface area (Å²) in [5.74, 6) is 1.62. The van der Waals surface area contributed by atoms with Crippen LogP contribution in [0.5, 0.6) is 11.5 Å². The van der Waals surface area contributed by atoms with Crippen molar-refractivity contribution in [2.75, 3.05) is 19.8 Å². The lowest BCUT2D eigenvalue weighted by atomic mass is 10.1. The highest BCUT2D eigenvalue weighted by Crippen LogP contribution is 2.35. The van der Waals surface area contributed by atoms with Crippen molar-refractivity contribution in [3.05, 3.63) is 23.8 Å². The second-order valence-electron chi connectivity index (χ2n) is 5.50. The van der Waals surface area contributed by atoms with E-state index in [9.17, 15) is 5.11 Å². The third-order valence-corrected chi connectivity index (χ3v) is 5.80. The minimum atomic E-state index is -1.42. The SMILES string of the molecule is C[Si](C)(C)C(CO)c1ccc2c(c1)OCCO2. The number of aliphatic hydroxyl groups excluding tert-OH is 1. The van der Waals surface area contributed by atoms with Crippen molar-refractivity contribution in [2.45, 2.75) is 25.2 Å². The fraction of sp³-hybridized carbons (Fsp3) is 0.538. The highest BCUT2D eigenvalue weighted by molar-refractivity contribution is 6.77. The lowest BCUT2D eigenvalue weighted by molar-refractivity contribution is 0.171. The zero-order valence-corrected chi connectivity index (χ0v) is 11.7. The average molecular weight is 252 g/mol. The van der Waals surface area contributed by atoms with Crippen molar-refractivity contribution < 1.29 is 14.6 Å². The van der Waals surface area contributed by atoms with Gasteiger partial charge in [0.1, 0.15) is 13.2 Å². The topological polar surface area (TPSA) is 38.7 Å². The van der Waals surface area contributed by atoms with Crippen LogP contribution in [0.1, 0.15) is 11.1 Å². The third-order valence-electron chi connectivity index (χ3n) is 3.20. The van der Waals surface area contributed by atoms with Gasteiger partial charge in [0.05, 0.1) is 8.07 Å². The number of rotatable bonds is 3. The van der Waals surface area contributed by atoms with Crippen LogP contribution in [0.25, 0.3) is 0 Å². The second kappa shape index (κ2) is 4.70. The van der Waals surface area contributed by atoms with Gasteiger partial charge in [0.2, 0.25) is 0 Å². The Labute approximate surface area is 103 Å². The predicted molar refractivity (Wildman–Crippen MR) is 70.6 cm³/mol. The molecule has 1 heterocycles. The van der Waals surface area contributed by atoms with Crippen molar-refractivity contribution in [3.8, 4) is 11.5 Å². The molecular formula is C13H20O3Si. The molecule has 0 aliphatic carbocycles. The predicted octanol–water partition coefficient (Wildman–Crippen LogP) is 2.41. The summed E-state index contributed by atoms with van der Waals surface area (Å²) in [4.78, 5) is 0. The Morgan fingerprint density at radius 3 is 2.41 bits per heavy atom. The zero-order chi connectivity index (χ0) is 12.5. The number of aliphatic hydroxyl groups is 1. The molecule has 0 aromatic heterocycles. The molecule has 0 radical (unpaired) electrons. The van der Waals surface area contributed by atoms with Crippen LogP contribution >= 0.6 is 0 Å². The monoisotopic (exact) mass is 252 g/mol. The Kier molecular flexibility index (Phi) is 3.44. The molecule has 0 spiro atoms. The van der Waals surface area contributed by atoms with E-state index in [2.05, 4.69) is 19.6 Å². The second-order valence-corrected chi connectivity index (χ2v) is 10.9. The van der Waals surface area contributed by atoms with E-state index in [4.69, 9.17) is 9.47 Å². The van der Waals surface area contributed by atoms with Crippen molar-refractivity contribution in [1.82, 2.24) is 0 Å². The van der Waals surface area contributed by atoms with Crippen LogP contribution in [0.2, 0.25) is 19.6 Å². The molecule has 17 heavy (non-hydrogen) atoms. The van der Waals surface area contributed by atoms with Crippen LogP contribution in [0.15, 0.2) is 18.2 Å². The van der Waals surface area contributed by atoms with E-state index in [1.54, 1.807) is 0 Å². The van der Waals surface area contributed by atoms with Crippen molar-refractivity contribution in [2.24, 2.45) is 0 Å². The van der Waals surface area contributed by atoms with Gasteiger partial charge in [-0.2, -0.15) is 0 Å². The minimum Gasteiger partial charge on any atom is -0.486 e. The van der Waals surface area contributed by atoms with Gasteiger partial charge >= 0.3 is 0 Å². The molecule has 0 amide bonds. The fourth-order valence-electron chi connectivity index (χ4n) is 2.16. The third kappa shape index (κ3) is 2.64. The summed E-state index contributed by atoms with van der Waals surface area (Å²) in [5.41, 5.74) is 1.41. The molecular weight excluding hydrogens is 232 g/mol. The van der Waals surface area contributed by atoms with E-state index in [0.717, 1.165) is 17.1 Å². The number of benzene rings is 1. The molecule has 1 aliphatic heterocycles. The van der Waals surface area contributed by atoms with Crippen LogP contribution in [0, 0.1) is 0 Å². The summed E-state index contributed by atoms with van der Waals surface area (Å²) in [5, 5.41) is 9.58. The molecule has 1 aliphatic rings. The number of ether oxygens (including phenoxy) is 2. The molecule has 1 atom stereocenters. The molecule has 2 rings (SSSR count). The molecule has 0 bridgehead atoms. The van der Waals surface area contributed by atoms with E-state index in [-0.39, 0.29) is 12.1 Å². The van der Waals surface area contributed by atoms with Gasteiger partial charge in [-0.05, 0) is 17.7 Å². The minimum absolute atomic E-state index is 0.204. The quantitative estimate of drug-likeness (QED) is 0.840. The Hall–Kier alpha value is -1.00. The summed E-state index contributed by atoms with van der Waals surface area (Å²) in [7, 11) is -1.42. The van der Waals surface area contributed by atoms with E-state index in [1.807, 2.05) is 18.2 Å². The standard InChI is InChI=1S/C13H20O3Si/c1-17(2,3)13(9-14)10-4-5-11-12(8-10)16-7-6-15-11/h4-5,8,13-14H,6-7,9H2,1-3H3. The Morgan fingerprint density at radius 1 is 1.18 bits per heavy atom. The van der Waals surface area contributed by atoms with Gasteiger partial charge in [0.15, 0.2) is 11.5 Å². The Balaban J connectivity index is 2.32. The summed E-state index contributed by atoms with van der Waals surface area (Å²) < 4.78 is 11.1. The molecule has 1 aromatic rings. The first-order valence-electron chi connectivity index (χ1n) is 6.03. The van der Waals surface area contributed by atoms with Crippen molar-refractivity contribution >= 4 is 8.07 Å². The highest BCUT2D eigenvalue weighted by Gasteiger charge is 2.28. The average Bonchev–Trinajstić information content (AvgIpc) is 2.28. The lowest BCUT2D eigenvalue weighted by Gasteiger charge is -2.28. The van der Waals surface area contributed by atoms with Gasteiger partial charge < -0.3 is 14.6 Å². The Bertz CT molecular complexity index is 398. The first-order chi connectivity index (χ1) is 8.02. The lowest BCUT2D eigenvalue weighted by Crippen LogP contribution is -2.33. The van der Waals surface area contributed by atoms with Crippen LogP contribution in [0.4, 0.5) is 0 Å². The van der Waals surface area contributed by atoms with Gasteiger partial charge in [0.25, 0.3) is 0 Å². The summed E-state index contributed by atoms with van der Waals surface area (Å²) in [6.07, 6.45) is 0. The molecule has 1 unspecified atom stereocenters. The fourth-order valence-corrected chi connectivity index (χ4v) is 3.88. The van der Waals surface area contributed by atoms with E-state index in [1.165, 1.54) is 0 Å². The van der Waals surface area contributed by atoms with Crippen LogP contribution in [-0.4, -0.2) is 33.0 Å².